The molecule has 122 valence electrons. The highest BCUT2D eigenvalue weighted by atomic mass is 16.3. The molecule has 0 amide bonds. The highest BCUT2D eigenvalue weighted by Gasteiger charge is 2.30. The molecular formula is C17H33N3O. The Labute approximate surface area is 130 Å². The molecule has 4 heteroatoms. The Hall–Kier alpha value is -1.03. The molecule has 1 fully saturated rings. The summed E-state index contributed by atoms with van der Waals surface area (Å²) in [4.78, 5) is 6.82. The number of aliphatic imine (C=N–C) groups is 1. The summed E-state index contributed by atoms with van der Waals surface area (Å²) in [5.41, 5.74) is -0.564. The molecule has 0 bridgehead atoms. The van der Waals surface area contributed by atoms with Crippen molar-refractivity contribution in [2.75, 3.05) is 26.7 Å². The number of nitrogens with zero attached hydrogens (tertiary/aromatic N) is 2. The van der Waals surface area contributed by atoms with Crippen LogP contribution >= 0.6 is 0 Å². The fourth-order valence-corrected chi connectivity index (χ4v) is 2.80. The van der Waals surface area contributed by atoms with Crippen LogP contribution in [0, 0.1) is 0 Å². The zero-order chi connectivity index (χ0) is 15.6. The van der Waals surface area contributed by atoms with E-state index in [1.807, 2.05) is 6.08 Å². The van der Waals surface area contributed by atoms with Crippen LogP contribution in [0.3, 0.4) is 0 Å². The lowest BCUT2D eigenvalue weighted by molar-refractivity contribution is 0.0572. The summed E-state index contributed by atoms with van der Waals surface area (Å²) in [7, 11) is 2.08. The summed E-state index contributed by atoms with van der Waals surface area (Å²) < 4.78 is 0. The van der Waals surface area contributed by atoms with E-state index in [0.717, 1.165) is 51.2 Å². The fourth-order valence-electron chi connectivity index (χ4n) is 2.80. The van der Waals surface area contributed by atoms with Gasteiger partial charge in [0.05, 0.1) is 12.1 Å². The van der Waals surface area contributed by atoms with Gasteiger partial charge in [0.15, 0.2) is 5.96 Å². The molecule has 0 aromatic rings. The van der Waals surface area contributed by atoms with E-state index in [4.69, 9.17) is 0 Å². The maximum atomic E-state index is 10.4. The first-order chi connectivity index (χ1) is 10.1. The standard InChI is InChI=1S/C17H33N3O/c1-4-6-7-8-11-14-20(3)16(18-5-2)19-15-17(21)12-9-10-13-17/h4,21H,1,5-15H2,2-3H3,(H,18,19). The van der Waals surface area contributed by atoms with Crippen molar-refractivity contribution in [2.24, 2.45) is 4.99 Å². The highest BCUT2D eigenvalue weighted by molar-refractivity contribution is 5.79. The van der Waals surface area contributed by atoms with Gasteiger partial charge in [-0.05, 0) is 39.0 Å². The molecule has 0 saturated heterocycles. The van der Waals surface area contributed by atoms with E-state index in [2.05, 4.69) is 35.8 Å². The van der Waals surface area contributed by atoms with Gasteiger partial charge in [-0.2, -0.15) is 0 Å². The third kappa shape index (κ3) is 6.98. The Balaban J connectivity index is 2.40. The van der Waals surface area contributed by atoms with Crippen molar-refractivity contribution in [3.05, 3.63) is 12.7 Å². The van der Waals surface area contributed by atoms with Gasteiger partial charge < -0.3 is 15.3 Å². The molecule has 4 nitrogen and oxygen atoms in total. The minimum Gasteiger partial charge on any atom is -0.388 e. The number of hydrogen-bond donors (Lipinski definition) is 2. The third-order valence-corrected chi connectivity index (χ3v) is 4.16. The average Bonchev–Trinajstić information content (AvgIpc) is 2.90. The zero-order valence-electron chi connectivity index (χ0n) is 13.9. The number of nitrogens with one attached hydrogen (secondary N) is 1. The molecule has 1 saturated carbocycles. The summed E-state index contributed by atoms with van der Waals surface area (Å²) in [6, 6.07) is 0. The molecule has 2 N–H and O–H groups in total. The molecule has 0 aromatic heterocycles. The van der Waals surface area contributed by atoms with E-state index in [1.165, 1.54) is 19.3 Å². The van der Waals surface area contributed by atoms with Crippen molar-refractivity contribution in [1.29, 1.82) is 0 Å². The average molecular weight is 295 g/mol. The largest absolute Gasteiger partial charge is 0.388 e. The fraction of sp³-hybridized carbons (Fsp3) is 0.824. The second-order valence-electron chi connectivity index (χ2n) is 6.16. The first kappa shape index (κ1) is 18.0. The SMILES string of the molecule is C=CCCCCCN(C)C(=NCC1(O)CCCC1)NCC. The van der Waals surface area contributed by atoms with Gasteiger partial charge in [-0.25, -0.2) is 0 Å². The molecule has 0 radical (unpaired) electrons. The van der Waals surface area contributed by atoms with Gasteiger partial charge in [-0.1, -0.05) is 25.3 Å². The van der Waals surface area contributed by atoms with E-state index in [0.29, 0.717) is 6.54 Å². The topological polar surface area (TPSA) is 47.9 Å². The molecule has 0 aliphatic heterocycles. The lowest BCUT2D eigenvalue weighted by Gasteiger charge is -2.25. The quantitative estimate of drug-likeness (QED) is 0.297. The molecule has 0 spiro atoms. The van der Waals surface area contributed by atoms with Crippen molar-refractivity contribution in [3.63, 3.8) is 0 Å². The molecule has 21 heavy (non-hydrogen) atoms. The van der Waals surface area contributed by atoms with Crippen molar-refractivity contribution >= 4 is 5.96 Å². The van der Waals surface area contributed by atoms with Crippen LogP contribution in [0.5, 0.6) is 0 Å². The Morgan fingerprint density at radius 3 is 2.67 bits per heavy atom. The van der Waals surface area contributed by atoms with Gasteiger partial charge in [0.2, 0.25) is 0 Å². The number of unbranched alkanes of at least 4 members (excludes halogenated alkanes) is 3. The van der Waals surface area contributed by atoms with Crippen molar-refractivity contribution in [3.8, 4) is 0 Å². The predicted octanol–water partition coefficient (Wildman–Crippen LogP) is 2.94. The molecular weight excluding hydrogens is 262 g/mol. The van der Waals surface area contributed by atoms with Crippen LogP contribution < -0.4 is 5.32 Å². The van der Waals surface area contributed by atoms with E-state index < -0.39 is 5.60 Å². The normalized spacial score (nSPS) is 17.8. The summed E-state index contributed by atoms with van der Waals surface area (Å²) >= 11 is 0. The summed E-state index contributed by atoms with van der Waals surface area (Å²) in [6.45, 7) is 8.22. The third-order valence-electron chi connectivity index (χ3n) is 4.16. The number of hydrogen-bond acceptors (Lipinski definition) is 2. The van der Waals surface area contributed by atoms with Crippen molar-refractivity contribution in [1.82, 2.24) is 10.2 Å². The molecule has 0 heterocycles. The number of rotatable bonds is 9. The van der Waals surface area contributed by atoms with Gasteiger partial charge in [0.25, 0.3) is 0 Å². The van der Waals surface area contributed by atoms with Gasteiger partial charge >= 0.3 is 0 Å². The van der Waals surface area contributed by atoms with E-state index >= 15 is 0 Å². The summed E-state index contributed by atoms with van der Waals surface area (Å²) in [5.74, 6) is 0.918. The van der Waals surface area contributed by atoms with Gasteiger partial charge in [0.1, 0.15) is 0 Å². The minimum absolute atomic E-state index is 0.524. The molecule has 0 unspecified atom stereocenters. The minimum atomic E-state index is -0.564. The maximum absolute atomic E-state index is 10.4. The Bertz CT molecular complexity index is 322. The predicted molar refractivity (Wildman–Crippen MR) is 90.7 cm³/mol. The molecule has 1 aliphatic carbocycles. The first-order valence-corrected chi connectivity index (χ1v) is 8.44. The lowest BCUT2D eigenvalue weighted by Crippen LogP contribution is -2.41. The second kappa shape index (κ2) is 9.82. The zero-order valence-corrected chi connectivity index (χ0v) is 13.9. The molecule has 0 aromatic carbocycles. The van der Waals surface area contributed by atoms with Crippen LogP contribution in [0.2, 0.25) is 0 Å². The van der Waals surface area contributed by atoms with Gasteiger partial charge in [-0.3, -0.25) is 4.99 Å². The number of allylic oxidation sites excluding steroid dienone is 1. The lowest BCUT2D eigenvalue weighted by atomic mass is 10.0. The van der Waals surface area contributed by atoms with E-state index in [1.54, 1.807) is 0 Å². The first-order valence-electron chi connectivity index (χ1n) is 8.44. The van der Waals surface area contributed by atoms with E-state index in [9.17, 15) is 5.11 Å². The Kier molecular flexibility index (Phi) is 8.43. The van der Waals surface area contributed by atoms with E-state index in [-0.39, 0.29) is 0 Å². The van der Waals surface area contributed by atoms with Crippen LogP contribution in [0.1, 0.15) is 58.3 Å². The van der Waals surface area contributed by atoms with Crippen LogP contribution in [0.25, 0.3) is 0 Å². The second-order valence-corrected chi connectivity index (χ2v) is 6.16. The summed E-state index contributed by atoms with van der Waals surface area (Å²) in [5, 5.41) is 13.7. The van der Waals surface area contributed by atoms with Crippen molar-refractivity contribution < 1.29 is 5.11 Å². The maximum Gasteiger partial charge on any atom is 0.193 e. The van der Waals surface area contributed by atoms with Gasteiger partial charge in [-0.15, -0.1) is 6.58 Å². The van der Waals surface area contributed by atoms with Crippen LogP contribution in [0.4, 0.5) is 0 Å². The van der Waals surface area contributed by atoms with Crippen LogP contribution in [-0.4, -0.2) is 48.2 Å². The monoisotopic (exact) mass is 295 g/mol. The molecule has 1 rings (SSSR count). The van der Waals surface area contributed by atoms with Gasteiger partial charge in [0, 0.05) is 20.1 Å². The number of guanidine groups is 1. The molecule has 1 aliphatic rings. The van der Waals surface area contributed by atoms with Crippen molar-refractivity contribution in [2.45, 2.75) is 63.9 Å². The Morgan fingerprint density at radius 1 is 1.33 bits per heavy atom. The Morgan fingerprint density at radius 2 is 2.05 bits per heavy atom. The van der Waals surface area contributed by atoms with Crippen LogP contribution in [0.15, 0.2) is 17.6 Å². The number of aliphatic hydroxyl groups is 1. The van der Waals surface area contributed by atoms with Crippen LogP contribution in [-0.2, 0) is 0 Å². The summed E-state index contributed by atoms with van der Waals surface area (Å²) in [6.07, 6.45) is 10.7. The highest BCUT2D eigenvalue weighted by Crippen LogP contribution is 2.29. The smallest absolute Gasteiger partial charge is 0.193 e. The molecule has 0 atom stereocenters.